The van der Waals surface area contributed by atoms with Gasteiger partial charge in [-0.05, 0) is 37.3 Å². The Kier molecular flexibility index (Phi) is 6.05. The molecule has 9 heteroatoms. The van der Waals surface area contributed by atoms with Crippen LogP contribution in [-0.4, -0.2) is 70.3 Å². The number of nitrogens with one attached hydrogen (secondary N) is 1. The number of amides is 2. The summed E-state index contributed by atoms with van der Waals surface area (Å²) in [7, 11) is 0. The first-order chi connectivity index (χ1) is 17.0. The second-order valence-corrected chi connectivity index (χ2v) is 8.41. The third-order valence-corrected chi connectivity index (χ3v) is 6.02. The van der Waals surface area contributed by atoms with E-state index < -0.39 is 5.97 Å². The lowest BCUT2D eigenvalue weighted by Crippen LogP contribution is -2.51. The lowest BCUT2D eigenvalue weighted by Gasteiger charge is -2.34. The number of esters is 1. The molecule has 1 N–H and O–H groups in total. The molecule has 3 heterocycles. The van der Waals surface area contributed by atoms with Crippen molar-refractivity contribution in [3.8, 4) is 11.4 Å². The fourth-order valence-corrected chi connectivity index (χ4v) is 4.00. The molecule has 0 bridgehead atoms. The number of rotatable bonds is 5. The number of carbonyl (C=O) groups is 3. The van der Waals surface area contributed by atoms with Crippen molar-refractivity contribution in [3.05, 3.63) is 77.7 Å². The number of piperazine rings is 1. The molecule has 0 radical (unpaired) electrons. The molecule has 5 rings (SSSR count). The molecular formula is C26H24N4O5. The Morgan fingerprint density at radius 2 is 1.74 bits per heavy atom. The largest absolute Gasteiger partial charge is 0.459 e. The second-order valence-electron chi connectivity index (χ2n) is 8.41. The SMILES string of the molecule is Cc1ccc(-c2nc3ccc(C(=O)OCC(=O)N4CCN(C(=O)c5ccco5)CC4)cc3[nH]2)cc1. The molecule has 35 heavy (non-hydrogen) atoms. The number of aromatic nitrogens is 2. The summed E-state index contributed by atoms with van der Waals surface area (Å²) >= 11 is 0. The monoisotopic (exact) mass is 472 g/mol. The van der Waals surface area contributed by atoms with Crippen molar-refractivity contribution < 1.29 is 23.5 Å². The van der Waals surface area contributed by atoms with E-state index in [1.54, 1.807) is 40.1 Å². The third-order valence-electron chi connectivity index (χ3n) is 6.02. The quantitative estimate of drug-likeness (QED) is 0.447. The zero-order valence-corrected chi connectivity index (χ0v) is 19.2. The minimum atomic E-state index is -0.585. The Morgan fingerprint density at radius 1 is 1.00 bits per heavy atom. The third kappa shape index (κ3) is 4.79. The highest BCUT2D eigenvalue weighted by Gasteiger charge is 2.26. The molecule has 9 nitrogen and oxygen atoms in total. The van der Waals surface area contributed by atoms with Crippen LogP contribution in [0, 0.1) is 6.92 Å². The van der Waals surface area contributed by atoms with Crippen LogP contribution in [0.4, 0.5) is 0 Å². The van der Waals surface area contributed by atoms with Crippen molar-refractivity contribution in [1.82, 2.24) is 19.8 Å². The van der Waals surface area contributed by atoms with E-state index in [9.17, 15) is 14.4 Å². The van der Waals surface area contributed by atoms with Gasteiger partial charge in [0.05, 0.1) is 22.9 Å². The summed E-state index contributed by atoms with van der Waals surface area (Å²) < 4.78 is 10.4. The van der Waals surface area contributed by atoms with E-state index in [-0.39, 0.29) is 24.2 Å². The first kappa shape index (κ1) is 22.4. The Labute approximate surface area is 201 Å². The highest BCUT2D eigenvalue weighted by molar-refractivity contribution is 5.95. The molecule has 0 spiro atoms. The van der Waals surface area contributed by atoms with Gasteiger partial charge in [-0.15, -0.1) is 0 Å². The van der Waals surface area contributed by atoms with Crippen LogP contribution in [0.2, 0.25) is 0 Å². The van der Waals surface area contributed by atoms with Gasteiger partial charge in [0.15, 0.2) is 12.4 Å². The highest BCUT2D eigenvalue weighted by Crippen LogP contribution is 2.22. The molecule has 1 aliphatic heterocycles. The lowest BCUT2D eigenvalue weighted by atomic mass is 10.1. The molecule has 1 aliphatic rings. The molecule has 178 valence electrons. The number of imidazole rings is 1. The number of hydrogen-bond donors (Lipinski definition) is 1. The first-order valence-corrected chi connectivity index (χ1v) is 11.3. The van der Waals surface area contributed by atoms with Crippen molar-refractivity contribution in [2.24, 2.45) is 0 Å². The number of fused-ring (bicyclic) bond motifs is 1. The van der Waals surface area contributed by atoms with Gasteiger partial charge in [-0.1, -0.05) is 29.8 Å². The van der Waals surface area contributed by atoms with Gasteiger partial charge in [-0.3, -0.25) is 9.59 Å². The maximum atomic E-state index is 12.6. The van der Waals surface area contributed by atoms with Crippen molar-refractivity contribution in [2.75, 3.05) is 32.8 Å². The van der Waals surface area contributed by atoms with Gasteiger partial charge in [0.25, 0.3) is 11.8 Å². The van der Waals surface area contributed by atoms with Crippen molar-refractivity contribution in [3.63, 3.8) is 0 Å². The predicted octanol–water partition coefficient (Wildman–Crippen LogP) is 3.27. The number of aryl methyl sites for hydroxylation is 1. The standard InChI is InChI=1S/C26H24N4O5/c1-17-4-6-18(7-5-17)24-27-20-9-8-19(15-21(20)28-24)26(33)35-16-23(31)29-10-12-30(13-11-29)25(32)22-3-2-14-34-22/h2-9,14-15H,10-13,16H2,1H3,(H,27,28). The summed E-state index contributed by atoms with van der Waals surface area (Å²) in [5.74, 6) is -0.0938. The Balaban J connectivity index is 1.16. The van der Waals surface area contributed by atoms with E-state index >= 15 is 0 Å². The number of furan rings is 1. The van der Waals surface area contributed by atoms with Gasteiger partial charge < -0.3 is 23.9 Å². The van der Waals surface area contributed by atoms with E-state index in [1.165, 1.54) is 6.26 Å². The van der Waals surface area contributed by atoms with E-state index in [0.717, 1.165) is 16.6 Å². The second kappa shape index (κ2) is 9.46. The van der Waals surface area contributed by atoms with Gasteiger partial charge >= 0.3 is 5.97 Å². The Morgan fingerprint density at radius 3 is 2.46 bits per heavy atom. The van der Waals surface area contributed by atoms with E-state index in [4.69, 9.17) is 9.15 Å². The molecule has 1 fully saturated rings. The summed E-state index contributed by atoms with van der Waals surface area (Å²) in [5.41, 5.74) is 3.88. The molecule has 0 saturated carbocycles. The molecule has 4 aromatic rings. The summed E-state index contributed by atoms with van der Waals surface area (Å²) in [4.78, 5) is 48.5. The van der Waals surface area contributed by atoms with Crippen molar-refractivity contribution >= 4 is 28.8 Å². The fraction of sp³-hybridized carbons (Fsp3) is 0.231. The summed E-state index contributed by atoms with van der Waals surface area (Å²) in [6.07, 6.45) is 1.45. The zero-order valence-electron chi connectivity index (χ0n) is 19.2. The number of hydrogen-bond acceptors (Lipinski definition) is 6. The fourth-order valence-electron chi connectivity index (χ4n) is 4.00. The lowest BCUT2D eigenvalue weighted by molar-refractivity contribution is -0.136. The molecule has 2 amide bonds. The minimum absolute atomic E-state index is 0.201. The number of ether oxygens (including phenoxy) is 1. The van der Waals surface area contributed by atoms with Crippen LogP contribution in [0.1, 0.15) is 26.5 Å². The van der Waals surface area contributed by atoms with Crippen molar-refractivity contribution in [2.45, 2.75) is 6.92 Å². The van der Waals surface area contributed by atoms with Crippen LogP contribution in [0.15, 0.2) is 65.3 Å². The average Bonchev–Trinajstić information content (AvgIpc) is 3.57. The minimum Gasteiger partial charge on any atom is -0.459 e. The number of nitrogens with zero attached hydrogens (tertiary/aromatic N) is 3. The van der Waals surface area contributed by atoms with E-state index in [2.05, 4.69) is 9.97 Å². The number of benzene rings is 2. The summed E-state index contributed by atoms with van der Waals surface area (Å²) in [6.45, 7) is 3.17. The van der Waals surface area contributed by atoms with Gasteiger partial charge in [0.2, 0.25) is 0 Å². The van der Waals surface area contributed by atoms with E-state index in [1.807, 2.05) is 31.2 Å². The molecular weight excluding hydrogens is 448 g/mol. The average molecular weight is 473 g/mol. The van der Waals surface area contributed by atoms with Gasteiger partial charge in [0.1, 0.15) is 5.82 Å². The summed E-state index contributed by atoms with van der Waals surface area (Å²) in [6, 6.07) is 16.3. The summed E-state index contributed by atoms with van der Waals surface area (Å²) in [5, 5.41) is 0. The van der Waals surface area contributed by atoms with Crippen LogP contribution >= 0.6 is 0 Å². The smallest absolute Gasteiger partial charge is 0.338 e. The van der Waals surface area contributed by atoms with Gasteiger partial charge in [0, 0.05) is 31.7 Å². The molecule has 2 aromatic heterocycles. The first-order valence-electron chi connectivity index (χ1n) is 11.3. The van der Waals surface area contributed by atoms with Crippen LogP contribution < -0.4 is 0 Å². The maximum absolute atomic E-state index is 12.6. The zero-order chi connectivity index (χ0) is 24.4. The normalized spacial score (nSPS) is 13.7. The molecule has 0 atom stereocenters. The Hall–Kier alpha value is -4.40. The van der Waals surface area contributed by atoms with Crippen molar-refractivity contribution in [1.29, 1.82) is 0 Å². The van der Waals surface area contributed by atoms with Crippen LogP contribution in [-0.2, 0) is 9.53 Å². The molecule has 0 aliphatic carbocycles. The number of aromatic amines is 1. The molecule has 0 unspecified atom stereocenters. The number of H-pyrrole nitrogens is 1. The topological polar surface area (TPSA) is 109 Å². The van der Waals surface area contributed by atoms with Gasteiger partial charge in [-0.25, -0.2) is 9.78 Å². The van der Waals surface area contributed by atoms with Crippen LogP contribution in [0.3, 0.4) is 0 Å². The number of carbonyl (C=O) groups excluding carboxylic acids is 3. The Bertz CT molecular complexity index is 1370. The van der Waals surface area contributed by atoms with Gasteiger partial charge in [-0.2, -0.15) is 0 Å². The van der Waals surface area contributed by atoms with Crippen LogP contribution in [0.25, 0.3) is 22.4 Å². The van der Waals surface area contributed by atoms with Crippen LogP contribution in [0.5, 0.6) is 0 Å². The highest BCUT2D eigenvalue weighted by atomic mass is 16.5. The maximum Gasteiger partial charge on any atom is 0.338 e. The molecule has 1 saturated heterocycles. The molecule has 2 aromatic carbocycles. The predicted molar refractivity (Wildman–Crippen MR) is 128 cm³/mol. The van der Waals surface area contributed by atoms with E-state index in [0.29, 0.717) is 43.1 Å².